The lowest BCUT2D eigenvalue weighted by molar-refractivity contribution is -0.384. The molecule has 6 nitrogen and oxygen atoms in total. The number of benzene rings is 2. The molecule has 6 heteroatoms. The molecule has 0 unspecified atom stereocenters. The molecule has 0 atom stereocenters. The zero-order valence-electron chi connectivity index (χ0n) is 14.8. The van der Waals surface area contributed by atoms with Crippen LogP contribution in [0.25, 0.3) is 11.1 Å². The Labute approximate surface area is 152 Å². The Morgan fingerprint density at radius 2 is 1.88 bits per heavy atom. The van der Waals surface area contributed by atoms with Crippen LogP contribution in [0.2, 0.25) is 0 Å². The van der Waals surface area contributed by atoms with Gasteiger partial charge in [0.15, 0.2) is 6.29 Å². The van der Waals surface area contributed by atoms with E-state index in [0.29, 0.717) is 35.3 Å². The predicted molar refractivity (Wildman–Crippen MR) is 101 cm³/mol. The highest BCUT2D eigenvalue weighted by Gasteiger charge is 2.24. The zero-order valence-corrected chi connectivity index (χ0v) is 14.8. The molecule has 0 bridgehead atoms. The Balaban J connectivity index is 2.19. The fourth-order valence-corrected chi connectivity index (χ4v) is 3.43. The zero-order chi connectivity index (χ0) is 18.5. The highest BCUT2D eigenvalue weighted by Crippen LogP contribution is 2.40. The van der Waals surface area contributed by atoms with E-state index in [2.05, 4.69) is 4.90 Å². The highest BCUT2D eigenvalue weighted by atomic mass is 16.6. The van der Waals surface area contributed by atoms with E-state index in [1.54, 1.807) is 12.1 Å². The average molecular weight is 354 g/mol. The number of piperidine rings is 1. The number of carbonyl (C=O) groups excluding carboxylic acids is 1. The van der Waals surface area contributed by atoms with E-state index < -0.39 is 4.92 Å². The molecule has 0 amide bonds. The minimum absolute atomic E-state index is 0.0833. The van der Waals surface area contributed by atoms with Crippen LogP contribution in [0.4, 0.5) is 11.4 Å². The van der Waals surface area contributed by atoms with Gasteiger partial charge in [-0.1, -0.05) is 18.2 Å². The third-order valence-corrected chi connectivity index (χ3v) is 4.64. The second-order valence-corrected chi connectivity index (χ2v) is 6.28. The van der Waals surface area contributed by atoms with Gasteiger partial charge in [-0.05, 0) is 38.3 Å². The lowest BCUT2D eigenvalue weighted by atomic mass is 9.98. The van der Waals surface area contributed by atoms with Crippen molar-refractivity contribution >= 4 is 17.7 Å². The summed E-state index contributed by atoms with van der Waals surface area (Å²) >= 11 is 0. The van der Waals surface area contributed by atoms with Crippen LogP contribution in [0, 0.1) is 10.1 Å². The average Bonchev–Trinajstić information content (AvgIpc) is 2.68. The van der Waals surface area contributed by atoms with Crippen molar-refractivity contribution in [2.75, 3.05) is 24.6 Å². The van der Waals surface area contributed by atoms with Crippen LogP contribution in [0.15, 0.2) is 36.4 Å². The molecule has 1 aliphatic rings. The van der Waals surface area contributed by atoms with Gasteiger partial charge in [-0.25, -0.2) is 0 Å². The Morgan fingerprint density at radius 3 is 2.54 bits per heavy atom. The van der Waals surface area contributed by atoms with Crippen LogP contribution in [0.5, 0.6) is 5.75 Å². The number of ether oxygens (including phenoxy) is 1. The fraction of sp³-hybridized carbons (Fsp3) is 0.350. The summed E-state index contributed by atoms with van der Waals surface area (Å²) in [6.07, 6.45) is 3.98. The molecule has 1 saturated heterocycles. The number of nitro benzene ring substituents is 1. The van der Waals surface area contributed by atoms with Crippen LogP contribution in [-0.2, 0) is 0 Å². The first-order chi connectivity index (χ1) is 12.7. The van der Waals surface area contributed by atoms with Crippen LogP contribution in [0.1, 0.15) is 36.5 Å². The van der Waals surface area contributed by atoms with Gasteiger partial charge in [0.2, 0.25) is 0 Å². The number of nitro groups is 1. The second-order valence-electron chi connectivity index (χ2n) is 6.28. The summed E-state index contributed by atoms with van der Waals surface area (Å²) in [5.74, 6) is 0.599. The van der Waals surface area contributed by atoms with Crippen molar-refractivity contribution in [1.82, 2.24) is 0 Å². The monoisotopic (exact) mass is 354 g/mol. The summed E-state index contributed by atoms with van der Waals surface area (Å²) in [6.45, 7) is 4.05. The number of para-hydroxylation sites is 1. The minimum Gasteiger partial charge on any atom is -0.493 e. The molecule has 1 fully saturated rings. The van der Waals surface area contributed by atoms with Crippen molar-refractivity contribution in [3.05, 3.63) is 52.1 Å². The van der Waals surface area contributed by atoms with Crippen molar-refractivity contribution in [2.45, 2.75) is 26.2 Å². The van der Waals surface area contributed by atoms with Gasteiger partial charge in [-0.15, -0.1) is 0 Å². The van der Waals surface area contributed by atoms with Gasteiger partial charge in [0, 0.05) is 36.0 Å². The number of hydrogen-bond acceptors (Lipinski definition) is 5. The van der Waals surface area contributed by atoms with Gasteiger partial charge in [0.1, 0.15) is 5.75 Å². The van der Waals surface area contributed by atoms with E-state index in [-0.39, 0.29) is 5.69 Å². The van der Waals surface area contributed by atoms with E-state index in [1.165, 1.54) is 12.5 Å². The second kappa shape index (κ2) is 7.99. The maximum absolute atomic E-state index is 11.7. The molecule has 26 heavy (non-hydrogen) atoms. The standard InChI is InChI=1S/C20H22N2O4/c1-2-26-20-9-5-4-8-16(20)17-13-18(21-10-6-3-7-11-21)15(14-23)12-19(17)22(24)25/h4-5,8-9,12-14H,2-3,6-7,10-11H2,1H3. The van der Waals surface area contributed by atoms with E-state index in [0.717, 1.165) is 31.6 Å². The van der Waals surface area contributed by atoms with E-state index in [4.69, 9.17) is 4.74 Å². The molecular formula is C20H22N2O4. The third kappa shape index (κ3) is 3.54. The number of hydrogen-bond donors (Lipinski definition) is 0. The summed E-state index contributed by atoms with van der Waals surface area (Å²) < 4.78 is 5.66. The Bertz CT molecular complexity index is 813. The number of anilines is 1. The molecule has 3 rings (SSSR count). The highest BCUT2D eigenvalue weighted by molar-refractivity contribution is 5.92. The Morgan fingerprint density at radius 1 is 1.15 bits per heavy atom. The van der Waals surface area contributed by atoms with Crippen molar-refractivity contribution < 1.29 is 14.5 Å². The fourth-order valence-electron chi connectivity index (χ4n) is 3.43. The third-order valence-electron chi connectivity index (χ3n) is 4.64. The van der Waals surface area contributed by atoms with Crippen molar-refractivity contribution in [3.63, 3.8) is 0 Å². The molecule has 0 aromatic heterocycles. The molecule has 1 aliphatic heterocycles. The van der Waals surface area contributed by atoms with Crippen LogP contribution < -0.4 is 9.64 Å². The van der Waals surface area contributed by atoms with Crippen LogP contribution in [0.3, 0.4) is 0 Å². The van der Waals surface area contributed by atoms with Crippen molar-refractivity contribution in [1.29, 1.82) is 0 Å². The summed E-state index contributed by atoms with van der Waals surface area (Å²) in [7, 11) is 0. The molecular weight excluding hydrogens is 332 g/mol. The first kappa shape index (κ1) is 17.9. The van der Waals surface area contributed by atoms with Gasteiger partial charge in [-0.2, -0.15) is 0 Å². The molecule has 0 radical (unpaired) electrons. The van der Waals surface area contributed by atoms with Gasteiger partial charge in [0.25, 0.3) is 5.69 Å². The van der Waals surface area contributed by atoms with Crippen LogP contribution >= 0.6 is 0 Å². The van der Waals surface area contributed by atoms with Gasteiger partial charge in [0.05, 0.1) is 17.1 Å². The first-order valence-corrected chi connectivity index (χ1v) is 8.90. The van der Waals surface area contributed by atoms with E-state index in [9.17, 15) is 14.9 Å². The van der Waals surface area contributed by atoms with Gasteiger partial charge >= 0.3 is 0 Å². The predicted octanol–water partition coefficient (Wildman–Crippen LogP) is 4.46. The van der Waals surface area contributed by atoms with E-state index in [1.807, 2.05) is 25.1 Å². The quantitative estimate of drug-likeness (QED) is 0.435. The summed E-state index contributed by atoms with van der Waals surface area (Å²) in [5.41, 5.74) is 2.17. The molecule has 1 heterocycles. The molecule has 136 valence electrons. The summed E-state index contributed by atoms with van der Waals surface area (Å²) in [6, 6.07) is 10.4. The maximum Gasteiger partial charge on any atom is 0.278 e. The van der Waals surface area contributed by atoms with Crippen molar-refractivity contribution in [3.8, 4) is 16.9 Å². The number of carbonyl (C=O) groups is 1. The smallest absolute Gasteiger partial charge is 0.278 e. The number of nitrogens with zero attached hydrogens (tertiary/aromatic N) is 2. The lowest BCUT2D eigenvalue weighted by Crippen LogP contribution is -2.30. The minimum atomic E-state index is -0.439. The molecule has 2 aromatic carbocycles. The largest absolute Gasteiger partial charge is 0.493 e. The Hall–Kier alpha value is -2.89. The summed E-state index contributed by atoms with van der Waals surface area (Å²) in [4.78, 5) is 24.9. The number of rotatable bonds is 6. The van der Waals surface area contributed by atoms with E-state index >= 15 is 0 Å². The molecule has 0 spiro atoms. The van der Waals surface area contributed by atoms with Gasteiger partial charge in [-0.3, -0.25) is 14.9 Å². The topological polar surface area (TPSA) is 72.7 Å². The van der Waals surface area contributed by atoms with Crippen LogP contribution in [-0.4, -0.2) is 30.9 Å². The van der Waals surface area contributed by atoms with Gasteiger partial charge < -0.3 is 9.64 Å². The molecule has 2 aromatic rings. The molecule has 0 N–H and O–H groups in total. The van der Waals surface area contributed by atoms with Crippen molar-refractivity contribution in [2.24, 2.45) is 0 Å². The first-order valence-electron chi connectivity index (χ1n) is 8.90. The Kier molecular flexibility index (Phi) is 5.51. The molecule has 0 aliphatic carbocycles. The molecule has 0 saturated carbocycles. The number of aldehydes is 1. The normalized spacial score (nSPS) is 14.1. The maximum atomic E-state index is 11.7. The SMILES string of the molecule is CCOc1ccccc1-c1cc(N2CCCCC2)c(C=O)cc1[N+](=O)[O-]. The lowest BCUT2D eigenvalue weighted by Gasteiger charge is -2.30. The summed E-state index contributed by atoms with van der Waals surface area (Å²) in [5, 5.41) is 11.7.